The monoisotopic (exact) mass is 873 g/mol. The fourth-order valence-corrected chi connectivity index (χ4v) is 9.06. The molecular formula is C48H59N7O7Si. The fraction of sp³-hybridized carbons (Fsp3) is 0.479. The van der Waals surface area contributed by atoms with Crippen molar-refractivity contribution in [2.75, 3.05) is 32.2 Å². The zero-order valence-corrected chi connectivity index (χ0v) is 38.6. The average Bonchev–Trinajstić information content (AvgIpc) is 3.92. The second kappa shape index (κ2) is 19.0. The smallest absolute Gasteiger partial charge is 0.419 e. The molecule has 4 aromatic rings. The molecule has 63 heavy (non-hydrogen) atoms. The van der Waals surface area contributed by atoms with E-state index in [1.807, 2.05) is 45.0 Å². The third-order valence-electron chi connectivity index (χ3n) is 11.8. The average molecular weight is 874 g/mol. The van der Waals surface area contributed by atoms with Gasteiger partial charge in [0.05, 0.1) is 17.1 Å². The predicted molar refractivity (Wildman–Crippen MR) is 243 cm³/mol. The number of unbranched alkanes of at least 4 members (excludes halogenated alkanes) is 2. The minimum absolute atomic E-state index is 0.0655. The molecule has 1 unspecified atom stereocenters. The predicted octanol–water partition coefficient (Wildman–Crippen LogP) is 7.78. The van der Waals surface area contributed by atoms with E-state index in [1.54, 1.807) is 40.1 Å². The molecule has 0 bridgehead atoms. The van der Waals surface area contributed by atoms with Gasteiger partial charge >= 0.3 is 6.09 Å². The fourth-order valence-electron chi connectivity index (χ4n) is 8.31. The Kier molecular flexibility index (Phi) is 13.6. The second-order valence-corrected chi connectivity index (χ2v) is 24.6. The van der Waals surface area contributed by atoms with Crippen molar-refractivity contribution in [3.63, 3.8) is 0 Å². The van der Waals surface area contributed by atoms with Gasteiger partial charge in [-0.2, -0.15) is 0 Å². The number of imide groups is 1. The van der Waals surface area contributed by atoms with Crippen molar-refractivity contribution >= 4 is 54.5 Å². The van der Waals surface area contributed by atoms with Crippen molar-refractivity contribution in [1.29, 1.82) is 0 Å². The number of nitrogens with one attached hydrogen (secondary N) is 1. The number of amides is 4. The summed E-state index contributed by atoms with van der Waals surface area (Å²) in [6.45, 7) is 13.9. The Morgan fingerprint density at radius 2 is 1.79 bits per heavy atom. The molecule has 1 N–H and O–H groups in total. The number of piperidine rings is 1. The molecule has 0 saturated carbocycles. The molecule has 4 amide bonds. The first-order valence-electron chi connectivity index (χ1n) is 22.0. The van der Waals surface area contributed by atoms with Gasteiger partial charge in [0, 0.05) is 80.4 Å². The van der Waals surface area contributed by atoms with Crippen LogP contribution in [0.25, 0.3) is 10.9 Å². The minimum Gasteiger partial charge on any atom is -0.443 e. The van der Waals surface area contributed by atoms with Gasteiger partial charge in [-0.05, 0) is 115 Å². The Bertz CT molecular complexity index is 2460. The highest BCUT2D eigenvalue weighted by molar-refractivity contribution is 6.76. The van der Waals surface area contributed by atoms with Gasteiger partial charge in [0.1, 0.15) is 24.2 Å². The van der Waals surface area contributed by atoms with Gasteiger partial charge in [-0.3, -0.25) is 34.0 Å². The summed E-state index contributed by atoms with van der Waals surface area (Å²) in [4.78, 5) is 80.6. The summed E-state index contributed by atoms with van der Waals surface area (Å²) in [7, 11) is 0.729. The van der Waals surface area contributed by atoms with Crippen LogP contribution in [0.4, 0.5) is 10.6 Å². The van der Waals surface area contributed by atoms with Crippen LogP contribution >= 0.6 is 0 Å². The van der Waals surface area contributed by atoms with E-state index in [4.69, 9.17) is 9.47 Å². The number of hydrogen-bond acceptors (Lipinski definition) is 10. The normalized spacial score (nSPS) is 18.2. The number of fused-ring (bicyclic) bond motifs is 2. The molecule has 2 fully saturated rings. The minimum atomic E-state index is -1.33. The molecule has 6 heterocycles. The molecule has 0 spiro atoms. The standard InChI is InChI=1S/C48H59N7O7Si/c1-48(2,3)62-47(60)55-40-27-42(50-29-34(40)26-41(55)38-18-13-23-52(38)4)51-44(57)33-19-20-35(49-28-33)16-11-9-8-10-14-32-15-12-17-36-37(32)30-53(45(36)58)39-21-22-43(56)54(46(39)59)31-61-24-25-63(5,6)7/h12,15,17,19-20,26-29,38-39H,8-9,11,13,16,18,21-25,30-31H2,1-7H3,(H,50,51,57)/t38-,39?/m1/s1. The Morgan fingerprint density at radius 1 is 0.984 bits per heavy atom. The van der Waals surface area contributed by atoms with Gasteiger partial charge in [0.25, 0.3) is 17.7 Å². The van der Waals surface area contributed by atoms with Crippen LogP contribution in [-0.2, 0) is 32.0 Å². The van der Waals surface area contributed by atoms with Gasteiger partial charge < -0.3 is 19.7 Å². The molecule has 2 saturated heterocycles. The number of rotatable bonds is 13. The largest absolute Gasteiger partial charge is 0.443 e. The molecule has 0 radical (unpaired) electrons. The summed E-state index contributed by atoms with van der Waals surface area (Å²) < 4.78 is 13.2. The van der Waals surface area contributed by atoms with Gasteiger partial charge in [0.15, 0.2) is 0 Å². The molecule has 2 atom stereocenters. The summed E-state index contributed by atoms with van der Waals surface area (Å²) in [5.41, 5.74) is 4.13. The van der Waals surface area contributed by atoms with E-state index in [9.17, 15) is 24.0 Å². The van der Waals surface area contributed by atoms with Crippen LogP contribution in [0.1, 0.15) is 115 Å². The number of carbonyl (C=O) groups excluding carboxylic acids is 5. The molecule has 3 aliphatic heterocycles. The molecule has 332 valence electrons. The summed E-state index contributed by atoms with van der Waals surface area (Å²) in [5, 5.41) is 3.66. The number of carbonyl (C=O) groups is 5. The molecule has 15 heteroatoms. The maximum absolute atomic E-state index is 13.5. The Hall–Kier alpha value is -5.69. The number of nitrogens with zero attached hydrogens (tertiary/aromatic N) is 6. The first kappa shape index (κ1) is 45.3. The van der Waals surface area contributed by atoms with Gasteiger partial charge in [0.2, 0.25) is 5.91 Å². The lowest BCUT2D eigenvalue weighted by molar-refractivity contribution is -0.158. The van der Waals surface area contributed by atoms with E-state index in [-0.39, 0.29) is 55.8 Å². The quantitative estimate of drug-likeness (QED) is 0.0609. The topological polar surface area (TPSA) is 156 Å². The summed E-state index contributed by atoms with van der Waals surface area (Å²) >= 11 is 0. The summed E-state index contributed by atoms with van der Waals surface area (Å²) in [6, 6.07) is 13.0. The molecule has 7 rings (SSSR count). The molecular weight excluding hydrogens is 815 g/mol. The summed E-state index contributed by atoms with van der Waals surface area (Å²) in [6.07, 6.45) is 8.22. The van der Waals surface area contributed by atoms with E-state index in [1.165, 1.54) is 0 Å². The van der Waals surface area contributed by atoms with Crippen molar-refractivity contribution in [3.8, 4) is 11.8 Å². The lowest BCUT2D eigenvalue weighted by Gasteiger charge is -2.35. The zero-order valence-electron chi connectivity index (χ0n) is 37.6. The van der Waals surface area contributed by atoms with Crippen LogP contribution in [0.5, 0.6) is 0 Å². The van der Waals surface area contributed by atoms with Gasteiger partial charge in [-0.15, -0.1) is 0 Å². The molecule has 0 aliphatic carbocycles. The van der Waals surface area contributed by atoms with Crippen LogP contribution in [0.15, 0.2) is 54.9 Å². The number of benzene rings is 1. The van der Waals surface area contributed by atoms with Crippen molar-refractivity contribution in [3.05, 3.63) is 88.5 Å². The highest BCUT2D eigenvalue weighted by atomic mass is 28.3. The number of likely N-dealkylation sites (tertiary alicyclic amines) is 2. The van der Waals surface area contributed by atoms with E-state index in [2.05, 4.69) is 58.7 Å². The van der Waals surface area contributed by atoms with Crippen molar-refractivity contribution in [2.45, 2.75) is 122 Å². The number of hydrogen-bond donors (Lipinski definition) is 1. The van der Waals surface area contributed by atoms with E-state index in [0.717, 1.165) is 71.1 Å². The first-order valence-corrected chi connectivity index (χ1v) is 25.7. The number of aryl methyl sites for hydroxylation is 1. The number of aromatic nitrogens is 3. The molecule has 3 aliphatic rings. The lowest BCUT2D eigenvalue weighted by Crippen LogP contribution is -2.55. The molecule has 3 aromatic heterocycles. The van der Waals surface area contributed by atoms with E-state index < -0.39 is 25.8 Å². The van der Waals surface area contributed by atoms with Crippen LogP contribution < -0.4 is 5.32 Å². The number of anilines is 1. The lowest BCUT2D eigenvalue weighted by atomic mass is 10.0. The molecule has 14 nitrogen and oxygen atoms in total. The highest BCUT2D eigenvalue weighted by Gasteiger charge is 2.43. The van der Waals surface area contributed by atoms with Crippen molar-refractivity contribution in [2.24, 2.45) is 0 Å². The van der Waals surface area contributed by atoms with E-state index in [0.29, 0.717) is 41.9 Å². The number of pyridine rings is 2. The van der Waals surface area contributed by atoms with Gasteiger partial charge in [-0.1, -0.05) is 37.5 Å². The van der Waals surface area contributed by atoms with Gasteiger partial charge in [-0.25, -0.2) is 14.3 Å². The SMILES string of the molecule is CN1CCC[C@@H]1c1cc2cnc(NC(=O)c3ccc(CCCCC#Cc4cccc5c4CN(C4CCC(=O)N(COCC[Si](C)(C)C)C4=O)C5=O)nc3)cc2n1C(=O)OC(C)(C)C. The van der Waals surface area contributed by atoms with Crippen LogP contribution in [0, 0.1) is 11.8 Å². The molecule has 1 aromatic carbocycles. The highest BCUT2D eigenvalue weighted by Crippen LogP contribution is 2.36. The third-order valence-corrected chi connectivity index (χ3v) is 13.5. The second-order valence-electron chi connectivity index (χ2n) is 19.0. The van der Waals surface area contributed by atoms with Crippen molar-refractivity contribution < 1.29 is 33.4 Å². The Morgan fingerprint density at radius 3 is 2.51 bits per heavy atom. The van der Waals surface area contributed by atoms with Crippen molar-refractivity contribution in [1.82, 2.24) is 29.2 Å². The Labute approximate surface area is 370 Å². The van der Waals surface area contributed by atoms with Crippen LogP contribution in [0.2, 0.25) is 25.7 Å². The van der Waals surface area contributed by atoms with Crippen LogP contribution in [-0.4, -0.2) is 106 Å². The summed E-state index contributed by atoms with van der Waals surface area (Å²) in [5.74, 6) is 5.59. The first-order chi connectivity index (χ1) is 30.0. The van der Waals surface area contributed by atoms with Crippen LogP contribution in [0.3, 0.4) is 0 Å². The Balaban J connectivity index is 0.911. The third kappa shape index (κ3) is 10.7. The zero-order chi connectivity index (χ0) is 45.1. The van der Waals surface area contributed by atoms with E-state index >= 15 is 0 Å². The maximum atomic E-state index is 13.5. The maximum Gasteiger partial charge on any atom is 0.419 e. The number of ether oxygens (including phenoxy) is 2.